The van der Waals surface area contributed by atoms with Crippen LogP contribution in [0.5, 0.6) is 0 Å². The van der Waals surface area contributed by atoms with E-state index < -0.39 is 11.4 Å². The number of hydrogen-bond acceptors (Lipinski definition) is 5. The third-order valence-corrected chi connectivity index (χ3v) is 3.43. The molecule has 6 nitrogen and oxygen atoms in total. The topological polar surface area (TPSA) is 67.9 Å². The fourth-order valence-electron chi connectivity index (χ4n) is 2.22. The summed E-state index contributed by atoms with van der Waals surface area (Å²) in [5, 5.41) is 2.91. The van der Waals surface area contributed by atoms with Crippen molar-refractivity contribution in [1.82, 2.24) is 10.2 Å². The van der Waals surface area contributed by atoms with E-state index in [1.807, 2.05) is 7.05 Å². The van der Waals surface area contributed by atoms with E-state index >= 15 is 0 Å². The molecule has 17 heavy (non-hydrogen) atoms. The van der Waals surface area contributed by atoms with Crippen LogP contribution in [0, 0.1) is 5.41 Å². The normalized spacial score (nSPS) is 27.3. The summed E-state index contributed by atoms with van der Waals surface area (Å²) < 4.78 is 9.67. The molecule has 2 aliphatic heterocycles. The van der Waals surface area contributed by atoms with E-state index in [0.29, 0.717) is 0 Å². The maximum absolute atomic E-state index is 12.1. The van der Waals surface area contributed by atoms with Crippen molar-refractivity contribution in [2.24, 2.45) is 5.41 Å². The van der Waals surface area contributed by atoms with Crippen molar-refractivity contribution >= 4 is 11.9 Å². The first kappa shape index (κ1) is 12.3. The van der Waals surface area contributed by atoms with E-state index in [2.05, 4.69) is 15.0 Å². The second-order valence-electron chi connectivity index (χ2n) is 4.79. The third kappa shape index (κ3) is 2.14. The van der Waals surface area contributed by atoms with Crippen molar-refractivity contribution in [2.75, 3.05) is 40.5 Å². The lowest BCUT2D eigenvalue weighted by atomic mass is 9.84. The van der Waals surface area contributed by atoms with Crippen LogP contribution >= 0.6 is 0 Å². The van der Waals surface area contributed by atoms with Crippen LogP contribution in [-0.2, 0) is 19.1 Å². The standard InChI is InChI=1S/C11H18N2O4/c1-13-4-3-8(5-13)12-9(14)11(6-17-7-11)10(15)16-2/h8H,3-7H2,1-2H3,(H,12,14). The number of likely N-dealkylation sites (N-methyl/N-ethyl adjacent to an activating group) is 1. The number of methoxy groups -OCH3 is 1. The van der Waals surface area contributed by atoms with Crippen LogP contribution in [0.1, 0.15) is 6.42 Å². The monoisotopic (exact) mass is 242 g/mol. The zero-order chi connectivity index (χ0) is 12.5. The molecule has 6 heteroatoms. The molecule has 0 aromatic rings. The molecule has 2 heterocycles. The van der Waals surface area contributed by atoms with E-state index in [9.17, 15) is 9.59 Å². The lowest BCUT2D eigenvalue weighted by Crippen LogP contribution is -2.60. The number of carbonyl (C=O) groups is 2. The van der Waals surface area contributed by atoms with Gasteiger partial charge in [0, 0.05) is 12.6 Å². The Balaban J connectivity index is 1.96. The van der Waals surface area contributed by atoms with Crippen molar-refractivity contribution in [2.45, 2.75) is 12.5 Å². The molecular weight excluding hydrogens is 224 g/mol. The lowest BCUT2D eigenvalue weighted by molar-refractivity contribution is -0.188. The Kier molecular flexibility index (Phi) is 3.35. The van der Waals surface area contributed by atoms with Gasteiger partial charge in [-0.1, -0.05) is 0 Å². The highest BCUT2D eigenvalue weighted by atomic mass is 16.5. The molecule has 0 aromatic carbocycles. The van der Waals surface area contributed by atoms with Gasteiger partial charge in [-0.15, -0.1) is 0 Å². The van der Waals surface area contributed by atoms with Crippen molar-refractivity contribution in [1.29, 1.82) is 0 Å². The van der Waals surface area contributed by atoms with Gasteiger partial charge in [-0.3, -0.25) is 9.59 Å². The van der Waals surface area contributed by atoms with Crippen LogP contribution in [0.2, 0.25) is 0 Å². The smallest absolute Gasteiger partial charge is 0.326 e. The Morgan fingerprint density at radius 2 is 2.18 bits per heavy atom. The molecule has 0 aliphatic carbocycles. The van der Waals surface area contributed by atoms with Gasteiger partial charge in [0.1, 0.15) is 0 Å². The summed E-state index contributed by atoms with van der Waals surface area (Å²) in [6, 6.07) is 0.120. The van der Waals surface area contributed by atoms with Crippen LogP contribution in [0.4, 0.5) is 0 Å². The van der Waals surface area contributed by atoms with Crippen LogP contribution in [0.3, 0.4) is 0 Å². The number of ether oxygens (including phenoxy) is 2. The summed E-state index contributed by atoms with van der Waals surface area (Å²) >= 11 is 0. The molecule has 2 fully saturated rings. The van der Waals surface area contributed by atoms with Gasteiger partial charge in [0.15, 0.2) is 5.41 Å². The first-order valence-corrected chi connectivity index (χ1v) is 5.74. The molecular formula is C11H18N2O4. The summed E-state index contributed by atoms with van der Waals surface area (Å²) in [6.45, 7) is 2.03. The zero-order valence-electron chi connectivity index (χ0n) is 10.2. The minimum atomic E-state index is -1.12. The number of likely N-dealkylation sites (tertiary alicyclic amines) is 1. The van der Waals surface area contributed by atoms with Gasteiger partial charge in [0.2, 0.25) is 5.91 Å². The molecule has 0 bridgehead atoms. The van der Waals surface area contributed by atoms with Crippen LogP contribution in [0.25, 0.3) is 0 Å². The van der Waals surface area contributed by atoms with Gasteiger partial charge in [-0.2, -0.15) is 0 Å². The summed E-state index contributed by atoms with van der Waals surface area (Å²) in [5.74, 6) is -0.775. The second-order valence-corrected chi connectivity index (χ2v) is 4.79. The summed E-state index contributed by atoms with van der Waals surface area (Å²) in [6.07, 6.45) is 0.917. The molecule has 0 aromatic heterocycles. The molecule has 1 atom stereocenters. The molecule has 0 radical (unpaired) electrons. The number of carbonyl (C=O) groups excluding carboxylic acids is 2. The minimum Gasteiger partial charge on any atom is -0.468 e. The van der Waals surface area contributed by atoms with Gasteiger partial charge in [-0.25, -0.2) is 0 Å². The third-order valence-electron chi connectivity index (χ3n) is 3.43. The van der Waals surface area contributed by atoms with E-state index in [1.54, 1.807) is 0 Å². The Morgan fingerprint density at radius 3 is 2.59 bits per heavy atom. The second kappa shape index (κ2) is 4.62. The van der Waals surface area contributed by atoms with Gasteiger partial charge in [-0.05, 0) is 20.0 Å². The quantitative estimate of drug-likeness (QED) is 0.507. The highest BCUT2D eigenvalue weighted by Crippen LogP contribution is 2.29. The zero-order valence-corrected chi connectivity index (χ0v) is 10.2. The fraction of sp³-hybridized carbons (Fsp3) is 0.818. The van der Waals surface area contributed by atoms with Crippen molar-refractivity contribution in [3.05, 3.63) is 0 Å². The van der Waals surface area contributed by atoms with Crippen LogP contribution in [-0.4, -0.2) is 63.3 Å². The minimum absolute atomic E-state index is 0.119. The number of rotatable bonds is 3. The SMILES string of the molecule is COC(=O)C1(C(=O)NC2CCN(C)C2)COC1. The number of amides is 1. The number of esters is 1. The highest BCUT2D eigenvalue weighted by molar-refractivity contribution is 6.04. The Bertz CT molecular complexity index is 327. The van der Waals surface area contributed by atoms with E-state index in [0.717, 1.165) is 19.5 Å². The predicted octanol–water partition coefficient (Wildman–Crippen LogP) is -1.00. The number of nitrogens with zero attached hydrogens (tertiary/aromatic N) is 1. The largest absolute Gasteiger partial charge is 0.468 e. The highest BCUT2D eigenvalue weighted by Gasteiger charge is 2.54. The van der Waals surface area contributed by atoms with E-state index in [4.69, 9.17) is 4.74 Å². The molecule has 1 N–H and O–H groups in total. The lowest BCUT2D eigenvalue weighted by Gasteiger charge is -2.37. The molecule has 96 valence electrons. The van der Waals surface area contributed by atoms with E-state index in [-0.39, 0.29) is 25.2 Å². The predicted molar refractivity (Wildman–Crippen MR) is 59.3 cm³/mol. The van der Waals surface area contributed by atoms with Crippen molar-refractivity contribution in [3.63, 3.8) is 0 Å². The van der Waals surface area contributed by atoms with Crippen molar-refractivity contribution < 1.29 is 19.1 Å². The fourth-order valence-corrected chi connectivity index (χ4v) is 2.22. The molecule has 0 saturated carbocycles. The molecule has 1 unspecified atom stereocenters. The summed E-state index contributed by atoms with van der Waals surface area (Å²) in [4.78, 5) is 25.9. The first-order chi connectivity index (χ1) is 8.08. The molecule has 1 amide bonds. The number of hydrogen-bond donors (Lipinski definition) is 1. The van der Waals surface area contributed by atoms with Gasteiger partial charge in [0.05, 0.1) is 20.3 Å². The average molecular weight is 242 g/mol. The number of nitrogens with one attached hydrogen (secondary N) is 1. The van der Waals surface area contributed by atoms with Crippen LogP contribution < -0.4 is 5.32 Å². The first-order valence-electron chi connectivity index (χ1n) is 5.74. The van der Waals surface area contributed by atoms with Crippen LogP contribution in [0.15, 0.2) is 0 Å². The van der Waals surface area contributed by atoms with E-state index in [1.165, 1.54) is 7.11 Å². The maximum atomic E-state index is 12.1. The summed E-state index contributed by atoms with van der Waals surface area (Å²) in [7, 11) is 3.30. The van der Waals surface area contributed by atoms with Gasteiger partial charge in [0.25, 0.3) is 0 Å². The van der Waals surface area contributed by atoms with Gasteiger partial charge >= 0.3 is 5.97 Å². The molecule has 2 rings (SSSR count). The Morgan fingerprint density at radius 1 is 1.47 bits per heavy atom. The maximum Gasteiger partial charge on any atom is 0.326 e. The molecule has 2 aliphatic rings. The molecule has 2 saturated heterocycles. The molecule has 0 spiro atoms. The Hall–Kier alpha value is -1.14. The average Bonchev–Trinajstić information content (AvgIpc) is 2.62. The van der Waals surface area contributed by atoms with Crippen molar-refractivity contribution in [3.8, 4) is 0 Å². The van der Waals surface area contributed by atoms with Gasteiger partial charge < -0.3 is 19.7 Å². The summed E-state index contributed by atoms with van der Waals surface area (Å²) in [5.41, 5.74) is -1.12. The Labute approximate surface area is 100 Å².